The maximum atomic E-state index is 11.1. The second-order valence-electron chi connectivity index (χ2n) is 6.16. The first-order valence-corrected chi connectivity index (χ1v) is 10.9. The fraction of sp³-hybridized carbons (Fsp3) is 0.938. The lowest BCUT2D eigenvalue weighted by molar-refractivity contribution is 0.0203. The predicted octanol–water partition coefficient (Wildman–Crippen LogP) is 1.43. The highest BCUT2D eigenvalue weighted by Gasteiger charge is 2.13. The molecule has 0 atom stereocenters. The van der Waals surface area contributed by atoms with E-state index in [4.69, 9.17) is 9.47 Å². The van der Waals surface area contributed by atoms with Crippen LogP contribution >= 0.6 is 24.0 Å². The Morgan fingerprint density at radius 2 is 1.96 bits per heavy atom. The molecule has 1 saturated heterocycles. The van der Waals surface area contributed by atoms with Crippen LogP contribution in [-0.4, -0.2) is 72.4 Å². The monoisotopic (exact) mass is 491 g/mol. The summed E-state index contributed by atoms with van der Waals surface area (Å²) >= 11 is 0. The van der Waals surface area contributed by atoms with Crippen molar-refractivity contribution in [1.29, 1.82) is 0 Å². The standard InChI is InChI=1S/C16H33N3O4S.HI/c1-3-17-16(19-9-5-13-24(2,20)21)18-8-4-10-23-14-15-6-11-22-12-7-15;/h15H,3-14H2,1-2H3,(H2,17,18,19);1H. The summed E-state index contributed by atoms with van der Waals surface area (Å²) in [5.74, 6) is 1.55. The van der Waals surface area contributed by atoms with Crippen molar-refractivity contribution in [1.82, 2.24) is 10.6 Å². The number of sulfone groups is 1. The molecule has 0 aliphatic carbocycles. The molecule has 1 aliphatic heterocycles. The van der Waals surface area contributed by atoms with Gasteiger partial charge in [-0.3, -0.25) is 4.99 Å². The minimum absolute atomic E-state index is 0. The quantitative estimate of drug-likeness (QED) is 0.197. The Bertz CT molecular complexity index is 454. The van der Waals surface area contributed by atoms with E-state index in [1.165, 1.54) is 6.26 Å². The first-order chi connectivity index (χ1) is 11.5. The Morgan fingerprint density at radius 1 is 1.24 bits per heavy atom. The number of nitrogens with one attached hydrogen (secondary N) is 2. The molecule has 0 unspecified atom stereocenters. The van der Waals surface area contributed by atoms with Gasteiger partial charge in [0.05, 0.1) is 5.75 Å². The van der Waals surface area contributed by atoms with Crippen LogP contribution in [0.2, 0.25) is 0 Å². The van der Waals surface area contributed by atoms with Gasteiger partial charge in [-0.25, -0.2) is 8.42 Å². The number of guanidine groups is 1. The molecule has 1 heterocycles. The van der Waals surface area contributed by atoms with Gasteiger partial charge in [0.2, 0.25) is 0 Å². The predicted molar refractivity (Wildman–Crippen MR) is 113 cm³/mol. The molecule has 0 amide bonds. The van der Waals surface area contributed by atoms with Crippen LogP contribution in [0.15, 0.2) is 4.99 Å². The lowest BCUT2D eigenvalue weighted by atomic mass is 10.0. The van der Waals surface area contributed by atoms with E-state index in [0.29, 0.717) is 18.9 Å². The highest BCUT2D eigenvalue weighted by molar-refractivity contribution is 14.0. The van der Waals surface area contributed by atoms with Crippen LogP contribution in [0.1, 0.15) is 32.6 Å². The van der Waals surface area contributed by atoms with E-state index < -0.39 is 9.84 Å². The van der Waals surface area contributed by atoms with E-state index in [1.807, 2.05) is 6.92 Å². The van der Waals surface area contributed by atoms with Crippen LogP contribution in [-0.2, 0) is 19.3 Å². The van der Waals surface area contributed by atoms with Gasteiger partial charge >= 0.3 is 0 Å². The highest BCUT2D eigenvalue weighted by atomic mass is 127. The Kier molecular flexibility index (Phi) is 14.9. The van der Waals surface area contributed by atoms with E-state index in [1.54, 1.807) is 0 Å². The number of nitrogens with zero attached hydrogens (tertiary/aromatic N) is 1. The van der Waals surface area contributed by atoms with Gasteiger partial charge in [-0.2, -0.15) is 0 Å². The van der Waals surface area contributed by atoms with Crippen molar-refractivity contribution in [2.75, 3.05) is 58.1 Å². The molecule has 25 heavy (non-hydrogen) atoms. The largest absolute Gasteiger partial charge is 0.381 e. The second-order valence-corrected chi connectivity index (χ2v) is 8.41. The molecule has 7 nitrogen and oxygen atoms in total. The van der Waals surface area contributed by atoms with Crippen molar-refractivity contribution in [3.8, 4) is 0 Å². The van der Waals surface area contributed by atoms with Gasteiger partial charge in [0.1, 0.15) is 9.84 Å². The molecular formula is C16H34IN3O4S. The molecule has 1 rings (SSSR count). The molecule has 0 spiro atoms. The summed E-state index contributed by atoms with van der Waals surface area (Å²) in [6.07, 6.45) is 4.91. The Hall–Kier alpha value is -0.130. The minimum Gasteiger partial charge on any atom is -0.381 e. The normalized spacial score (nSPS) is 16.3. The molecular weight excluding hydrogens is 457 g/mol. The zero-order valence-corrected chi connectivity index (χ0v) is 18.6. The molecule has 0 aromatic carbocycles. The average molecular weight is 491 g/mol. The van der Waals surface area contributed by atoms with Gasteiger partial charge in [0.25, 0.3) is 0 Å². The molecule has 0 bridgehead atoms. The zero-order chi connectivity index (χ0) is 17.7. The van der Waals surface area contributed by atoms with Crippen LogP contribution in [0, 0.1) is 5.92 Å². The van der Waals surface area contributed by atoms with E-state index in [9.17, 15) is 8.42 Å². The van der Waals surface area contributed by atoms with Gasteiger partial charge in [-0.05, 0) is 38.5 Å². The zero-order valence-electron chi connectivity index (χ0n) is 15.5. The molecule has 150 valence electrons. The topological polar surface area (TPSA) is 89.0 Å². The maximum Gasteiger partial charge on any atom is 0.191 e. The summed E-state index contributed by atoms with van der Waals surface area (Å²) in [6.45, 7) is 7.34. The van der Waals surface area contributed by atoms with Gasteiger partial charge in [-0.15, -0.1) is 24.0 Å². The molecule has 1 aliphatic rings. The first kappa shape index (κ1) is 24.9. The second kappa shape index (κ2) is 15.0. The summed E-state index contributed by atoms with van der Waals surface area (Å²) in [5, 5.41) is 6.40. The molecule has 0 radical (unpaired) electrons. The van der Waals surface area contributed by atoms with E-state index in [-0.39, 0.29) is 29.7 Å². The van der Waals surface area contributed by atoms with Crippen molar-refractivity contribution in [3.63, 3.8) is 0 Å². The number of halogens is 1. The Balaban J connectivity index is 0.00000576. The van der Waals surface area contributed by atoms with Gasteiger partial charge in [0, 0.05) is 52.3 Å². The SMILES string of the molecule is CCNC(=NCCCS(C)(=O)=O)NCCCOCC1CCOCC1.I. The fourth-order valence-corrected chi connectivity index (χ4v) is 3.06. The third kappa shape index (κ3) is 14.7. The van der Waals surface area contributed by atoms with Crippen molar-refractivity contribution >= 4 is 39.8 Å². The number of hydrogen-bond donors (Lipinski definition) is 2. The lowest BCUT2D eigenvalue weighted by Gasteiger charge is -2.21. The summed E-state index contributed by atoms with van der Waals surface area (Å²) < 4.78 is 33.2. The van der Waals surface area contributed by atoms with Crippen molar-refractivity contribution in [3.05, 3.63) is 0 Å². The van der Waals surface area contributed by atoms with Gasteiger partial charge in [0.15, 0.2) is 5.96 Å². The van der Waals surface area contributed by atoms with Crippen molar-refractivity contribution in [2.24, 2.45) is 10.9 Å². The van der Waals surface area contributed by atoms with Crippen LogP contribution in [0.4, 0.5) is 0 Å². The average Bonchev–Trinajstić information content (AvgIpc) is 2.54. The van der Waals surface area contributed by atoms with Crippen molar-refractivity contribution < 1.29 is 17.9 Å². The van der Waals surface area contributed by atoms with E-state index in [2.05, 4.69) is 15.6 Å². The van der Waals surface area contributed by atoms with Crippen LogP contribution in [0.25, 0.3) is 0 Å². The van der Waals surface area contributed by atoms with Gasteiger partial charge < -0.3 is 20.1 Å². The van der Waals surface area contributed by atoms with E-state index >= 15 is 0 Å². The Labute approximate surface area is 169 Å². The summed E-state index contributed by atoms with van der Waals surface area (Å²) in [5.41, 5.74) is 0. The number of rotatable bonds is 11. The molecule has 0 saturated carbocycles. The number of ether oxygens (including phenoxy) is 2. The fourth-order valence-electron chi connectivity index (χ4n) is 2.40. The molecule has 2 N–H and O–H groups in total. The summed E-state index contributed by atoms with van der Waals surface area (Å²) in [6, 6.07) is 0. The maximum absolute atomic E-state index is 11.1. The molecule has 0 aromatic rings. The summed E-state index contributed by atoms with van der Waals surface area (Å²) in [4.78, 5) is 4.38. The van der Waals surface area contributed by atoms with Crippen LogP contribution in [0.3, 0.4) is 0 Å². The van der Waals surface area contributed by atoms with Gasteiger partial charge in [-0.1, -0.05) is 0 Å². The smallest absolute Gasteiger partial charge is 0.191 e. The van der Waals surface area contributed by atoms with Crippen molar-refractivity contribution in [2.45, 2.75) is 32.6 Å². The molecule has 1 fully saturated rings. The number of aliphatic imine (C=N–C) groups is 1. The van der Waals surface area contributed by atoms with Crippen LogP contribution < -0.4 is 10.6 Å². The molecule has 9 heteroatoms. The lowest BCUT2D eigenvalue weighted by Crippen LogP contribution is -2.38. The minimum atomic E-state index is -2.91. The summed E-state index contributed by atoms with van der Waals surface area (Å²) in [7, 11) is -2.91. The number of hydrogen-bond acceptors (Lipinski definition) is 5. The van der Waals surface area contributed by atoms with Crippen LogP contribution in [0.5, 0.6) is 0 Å². The third-order valence-electron chi connectivity index (χ3n) is 3.74. The Morgan fingerprint density at radius 3 is 2.60 bits per heavy atom. The third-order valence-corrected chi connectivity index (χ3v) is 4.77. The van der Waals surface area contributed by atoms with E-state index in [0.717, 1.165) is 64.7 Å². The highest BCUT2D eigenvalue weighted by Crippen LogP contribution is 2.14. The molecule has 0 aromatic heterocycles. The first-order valence-electron chi connectivity index (χ1n) is 8.86.